The molecule has 0 spiro atoms. The number of hydrogen-bond donors (Lipinski definition) is 0. The van der Waals surface area contributed by atoms with E-state index >= 15 is 0 Å². The van der Waals surface area contributed by atoms with Gasteiger partial charge >= 0.3 is 0 Å². The lowest BCUT2D eigenvalue weighted by molar-refractivity contribution is 0.138. The third-order valence-electron chi connectivity index (χ3n) is 3.02. The summed E-state index contributed by atoms with van der Waals surface area (Å²) in [6.07, 6.45) is 1.61. The van der Waals surface area contributed by atoms with E-state index in [1.54, 1.807) is 0 Å². The van der Waals surface area contributed by atoms with E-state index in [1.807, 2.05) is 0 Å². The maximum Gasteiger partial charge on any atom is 0.253 e. The Morgan fingerprint density at radius 3 is 2.93 bits per heavy atom. The predicted octanol–water partition coefficient (Wildman–Crippen LogP) is 0.121. The molecule has 0 N–H and O–H groups in total. The van der Waals surface area contributed by atoms with Crippen LogP contribution >= 0.6 is 21.0 Å². The van der Waals surface area contributed by atoms with Crippen LogP contribution in [0.2, 0.25) is 0 Å². The summed E-state index contributed by atoms with van der Waals surface area (Å²) < 4.78 is 14.1. The van der Waals surface area contributed by atoms with Crippen LogP contribution < -0.4 is 10.2 Å². The molecule has 3 rings (SSSR count). The van der Waals surface area contributed by atoms with Crippen molar-refractivity contribution >= 4 is 26.4 Å². The zero-order valence-electron chi connectivity index (χ0n) is 7.72. The molecule has 3 heterocycles. The molecule has 0 radical (unpaired) electrons. The molecule has 2 bridgehead atoms. The third kappa shape index (κ3) is 1.44. The summed E-state index contributed by atoms with van der Waals surface area (Å²) in [6, 6.07) is 0. The zero-order chi connectivity index (χ0) is 9.54. The van der Waals surface area contributed by atoms with Crippen LogP contribution in [0.3, 0.4) is 0 Å². The summed E-state index contributed by atoms with van der Waals surface area (Å²) in [5.74, 6) is 1.42. The van der Waals surface area contributed by atoms with Gasteiger partial charge in [0.1, 0.15) is 11.5 Å². The molecule has 0 amide bonds. The third-order valence-corrected chi connectivity index (χ3v) is 4.11. The van der Waals surface area contributed by atoms with Gasteiger partial charge in [0.05, 0.1) is 11.7 Å². The number of rotatable bonds is 2. The number of fused-ring (bicyclic) bond motifs is 2. The SMILES string of the molecule is Pc1nsnc1OC1CN2CCC1C2. The molecule has 4 unspecified atom stereocenters. The molecule has 2 saturated heterocycles. The highest BCUT2D eigenvalue weighted by Gasteiger charge is 2.39. The molecular formula is C8H12N3OPS. The molecule has 2 fully saturated rings. The van der Waals surface area contributed by atoms with E-state index in [-0.39, 0.29) is 0 Å². The maximum absolute atomic E-state index is 5.85. The van der Waals surface area contributed by atoms with E-state index in [0.717, 1.165) is 12.0 Å². The monoisotopic (exact) mass is 229 g/mol. The minimum absolute atomic E-state index is 0.340. The number of aromatic nitrogens is 2. The van der Waals surface area contributed by atoms with Crippen molar-refractivity contribution in [1.82, 2.24) is 13.6 Å². The Bertz CT molecular complexity index is 345. The Balaban J connectivity index is 1.71. The molecule has 0 aliphatic carbocycles. The van der Waals surface area contributed by atoms with Gasteiger partial charge in [0.25, 0.3) is 5.88 Å². The van der Waals surface area contributed by atoms with E-state index in [1.165, 1.54) is 31.2 Å². The van der Waals surface area contributed by atoms with Crippen molar-refractivity contribution in [2.45, 2.75) is 12.5 Å². The van der Waals surface area contributed by atoms with Gasteiger partial charge < -0.3 is 4.74 Å². The molecule has 14 heavy (non-hydrogen) atoms. The Morgan fingerprint density at radius 1 is 1.43 bits per heavy atom. The Morgan fingerprint density at radius 2 is 2.36 bits per heavy atom. The highest BCUT2D eigenvalue weighted by Crippen LogP contribution is 2.30. The first-order chi connectivity index (χ1) is 6.83. The van der Waals surface area contributed by atoms with Crippen molar-refractivity contribution < 1.29 is 4.74 Å². The fraction of sp³-hybridized carbons (Fsp3) is 0.750. The standard InChI is InChI=1S/C8H12N3OPS/c13-8-7(9-14-10-8)12-6-4-11-2-1-5(6)3-11/h5-6H,1-4,13H2. The van der Waals surface area contributed by atoms with Crippen LogP contribution in [0, 0.1) is 5.92 Å². The van der Waals surface area contributed by atoms with E-state index in [9.17, 15) is 0 Å². The van der Waals surface area contributed by atoms with E-state index in [2.05, 4.69) is 22.9 Å². The normalized spacial score (nSPS) is 35.1. The van der Waals surface area contributed by atoms with Gasteiger partial charge in [0.2, 0.25) is 0 Å². The first-order valence-corrected chi connectivity index (χ1v) is 6.11. The van der Waals surface area contributed by atoms with Crippen molar-refractivity contribution in [2.24, 2.45) is 5.92 Å². The lowest BCUT2D eigenvalue weighted by atomic mass is 10.0. The molecule has 6 heteroatoms. The predicted molar refractivity (Wildman–Crippen MR) is 58.2 cm³/mol. The summed E-state index contributed by atoms with van der Waals surface area (Å²) in [7, 11) is 2.56. The fourth-order valence-electron chi connectivity index (χ4n) is 2.28. The second kappa shape index (κ2) is 3.40. The van der Waals surface area contributed by atoms with Gasteiger partial charge in [0, 0.05) is 19.0 Å². The van der Waals surface area contributed by atoms with Crippen LogP contribution in [0.1, 0.15) is 6.42 Å². The second-order valence-corrected chi connectivity index (χ2v) is 4.99. The van der Waals surface area contributed by atoms with Crippen LogP contribution in [-0.4, -0.2) is 39.4 Å². The first kappa shape index (κ1) is 9.01. The minimum atomic E-state index is 0.340. The molecule has 2 aliphatic rings. The van der Waals surface area contributed by atoms with Gasteiger partial charge in [-0.1, -0.05) is 9.24 Å². The molecule has 2 aliphatic heterocycles. The molecule has 4 nitrogen and oxygen atoms in total. The highest BCUT2D eigenvalue weighted by atomic mass is 32.1. The fourth-order valence-corrected chi connectivity index (χ4v) is 3.07. The molecule has 4 atom stereocenters. The summed E-state index contributed by atoms with van der Waals surface area (Å²) in [5.41, 5.74) is 0.841. The lowest BCUT2D eigenvalue weighted by Gasteiger charge is -2.21. The molecule has 1 aromatic heterocycles. The van der Waals surface area contributed by atoms with Gasteiger partial charge in [-0.2, -0.15) is 4.37 Å². The second-order valence-electron chi connectivity index (χ2n) is 3.92. The van der Waals surface area contributed by atoms with Crippen molar-refractivity contribution in [1.29, 1.82) is 0 Å². The van der Waals surface area contributed by atoms with Crippen LogP contribution in [0.25, 0.3) is 0 Å². The summed E-state index contributed by atoms with van der Waals surface area (Å²) >= 11 is 1.21. The summed E-state index contributed by atoms with van der Waals surface area (Å²) in [6.45, 7) is 3.51. The van der Waals surface area contributed by atoms with Crippen molar-refractivity contribution in [2.75, 3.05) is 19.6 Å². The Labute approximate surface area is 89.2 Å². The van der Waals surface area contributed by atoms with Crippen LogP contribution in [0.5, 0.6) is 5.88 Å². The molecular weight excluding hydrogens is 217 g/mol. The summed E-state index contributed by atoms with van der Waals surface area (Å²) in [5, 5.41) is 0. The largest absolute Gasteiger partial charge is 0.470 e. The maximum atomic E-state index is 5.85. The summed E-state index contributed by atoms with van der Waals surface area (Å²) in [4.78, 5) is 2.46. The van der Waals surface area contributed by atoms with Gasteiger partial charge in [0.15, 0.2) is 0 Å². The topological polar surface area (TPSA) is 38.3 Å². The van der Waals surface area contributed by atoms with E-state index < -0.39 is 0 Å². The average molecular weight is 229 g/mol. The minimum Gasteiger partial charge on any atom is -0.470 e. The zero-order valence-corrected chi connectivity index (χ0v) is 9.69. The van der Waals surface area contributed by atoms with Crippen molar-refractivity contribution in [3.05, 3.63) is 0 Å². The Kier molecular flexibility index (Phi) is 2.19. The van der Waals surface area contributed by atoms with Gasteiger partial charge in [-0.25, -0.2) is 0 Å². The van der Waals surface area contributed by atoms with Crippen molar-refractivity contribution in [3.8, 4) is 5.88 Å². The number of nitrogens with zero attached hydrogens (tertiary/aromatic N) is 3. The smallest absolute Gasteiger partial charge is 0.253 e. The van der Waals surface area contributed by atoms with Crippen LogP contribution in [0.15, 0.2) is 0 Å². The number of piperidine rings is 1. The van der Waals surface area contributed by atoms with Crippen LogP contribution in [0.4, 0.5) is 0 Å². The molecule has 1 aromatic rings. The number of hydrogen-bond acceptors (Lipinski definition) is 5. The highest BCUT2D eigenvalue weighted by molar-refractivity contribution is 7.28. The van der Waals surface area contributed by atoms with E-state index in [0.29, 0.717) is 17.9 Å². The van der Waals surface area contributed by atoms with Crippen molar-refractivity contribution in [3.63, 3.8) is 0 Å². The first-order valence-electron chi connectivity index (χ1n) is 4.80. The molecule has 76 valence electrons. The van der Waals surface area contributed by atoms with Gasteiger partial charge in [-0.15, -0.1) is 4.37 Å². The van der Waals surface area contributed by atoms with Crippen LogP contribution in [-0.2, 0) is 0 Å². The van der Waals surface area contributed by atoms with Gasteiger partial charge in [-0.3, -0.25) is 4.90 Å². The lowest BCUT2D eigenvalue weighted by Crippen LogP contribution is -2.33. The molecule has 0 saturated carbocycles. The van der Waals surface area contributed by atoms with Gasteiger partial charge in [-0.05, 0) is 13.0 Å². The average Bonchev–Trinajstić information content (AvgIpc) is 2.83. The number of ether oxygens (including phenoxy) is 1. The molecule has 0 aromatic carbocycles. The Hall–Kier alpha value is -0.250. The quantitative estimate of drug-likeness (QED) is 0.675. The van der Waals surface area contributed by atoms with E-state index in [4.69, 9.17) is 4.74 Å².